The molecule has 0 nitrogen and oxygen atoms in total. The topological polar surface area (TPSA) is 0 Å². The number of allylic oxidation sites excluding steroid dienone is 8. The number of benzene rings is 5. The minimum Gasteiger partial charge on any atom is -0.0801 e. The van der Waals surface area contributed by atoms with Crippen LogP contribution in [0, 0.1) is 0 Å². The lowest BCUT2D eigenvalue weighted by atomic mass is 9.76. The van der Waals surface area contributed by atoms with Crippen molar-refractivity contribution in [1.82, 2.24) is 0 Å². The molecule has 0 bridgehead atoms. The maximum Gasteiger partial charge on any atom is 0.0334 e. The maximum atomic E-state index is 3.57. The third kappa shape index (κ3) is 8.18. The summed E-state index contributed by atoms with van der Waals surface area (Å²) in [4.78, 5) is 0. The molecule has 0 heteroatoms. The molecule has 0 saturated carbocycles. The van der Waals surface area contributed by atoms with Gasteiger partial charge in [-0.05, 0) is 85.8 Å². The Kier molecular flexibility index (Phi) is 14.8. The molecule has 0 aliphatic heterocycles. The minimum absolute atomic E-state index is 0. The van der Waals surface area contributed by atoms with Crippen LogP contribution >= 0.6 is 0 Å². The Hall–Kier alpha value is -5.12. The van der Waals surface area contributed by atoms with E-state index in [9.17, 15) is 0 Å². The van der Waals surface area contributed by atoms with E-state index in [4.69, 9.17) is 0 Å². The Morgan fingerprint density at radius 2 is 1.24 bits per heavy atom. The van der Waals surface area contributed by atoms with Gasteiger partial charge in [0, 0.05) is 22.1 Å². The summed E-state index contributed by atoms with van der Waals surface area (Å²) in [6, 6.07) is 37.4. The molecule has 2 aliphatic carbocycles. The van der Waals surface area contributed by atoms with Crippen molar-refractivity contribution in [3.8, 4) is 0 Å². The molecule has 5 aromatic carbocycles. The highest BCUT2D eigenvalue weighted by atomic mass is 14.3. The summed E-state index contributed by atoms with van der Waals surface area (Å²) in [5.74, 6) is 0. The van der Waals surface area contributed by atoms with E-state index >= 15 is 0 Å². The Labute approximate surface area is 303 Å². The standard InChI is InChI=1S/C43H34.C3H8.4CH4/c1-30(38-17-11-12-18-39(38)32-13-5-4-6-14-32)31-21-25-36(26-22-31)43(2,3)37-27-23-33(24-28-37)42-40-19-9-7-15-34(40)29-35-16-8-10-20-41(35)42;1-3-2;;;;/h4-13,15-23,25-27,29H,14H2,1-3H3;3H2,1-2H3;4*1H4/b38-30+,39-32-;;;;;. The monoisotopic (exact) mass is 658 g/mol. The third-order valence-electron chi connectivity index (χ3n) is 9.06. The van der Waals surface area contributed by atoms with E-state index in [0.29, 0.717) is 0 Å². The molecule has 0 spiro atoms. The van der Waals surface area contributed by atoms with Gasteiger partial charge in [0.1, 0.15) is 0 Å². The quantitative estimate of drug-likeness (QED) is 0.133. The SMILES string of the molecule is C.C.C.C.C/C(c1ccc(C(C)(C)C2=C=C=C(c3c4ccccc4cc4ccccc34)C=C2)cc1)=c1/cccc/c1=C1\C=CC=CC1.CCC. The van der Waals surface area contributed by atoms with Crippen molar-refractivity contribution in [3.63, 3.8) is 0 Å². The van der Waals surface area contributed by atoms with Crippen LogP contribution in [0.15, 0.2) is 157 Å². The molecule has 50 heavy (non-hydrogen) atoms. The van der Waals surface area contributed by atoms with Crippen LogP contribution in [0.5, 0.6) is 0 Å². The molecule has 0 heterocycles. The van der Waals surface area contributed by atoms with Gasteiger partial charge in [0.25, 0.3) is 0 Å². The second-order valence-electron chi connectivity index (χ2n) is 12.7. The lowest BCUT2D eigenvalue weighted by Crippen LogP contribution is -2.28. The Bertz CT molecular complexity index is 2200. The second-order valence-corrected chi connectivity index (χ2v) is 12.7. The molecular formula is C50H58. The zero-order chi connectivity index (χ0) is 32.1. The Balaban J connectivity index is 0.00000120. The van der Waals surface area contributed by atoms with E-state index in [-0.39, 0.29) is 35.1 Å². The van der Waals surface area contributed by atoms with Crippen molar-refractivity contribution >= 4 is 38.3 Å². The van der Waals surface area contributed by atoms with Gasteiger partial charge < -0.3 is 0 Å². The molecule has 0 aromatic heterocycles. The summed E-state index contributed by atoms with van der Waals surface area (Å²) in [7, 11) is 0. The van der Waals surface area contributed by atoms with E-state index in [1.165, 1.54) is 66.2 Å². The van der Waals surface area contributed by atoms with E-state index < -0.39 is 0 Å². The summed E-state index contributed by atoms with van der Waals surface area (Å²) >= 11 is 0. The molecule has 0 fully saturated rings. The normalized spacial score (nSPS) is 14.5. The molecule has 7 rings (SSSR count). The van der Waals surface area contributed by atoms with Crippen molar-refractivity contribution < 1.29 is 0 Å². The molecule has 0 amide bonds. The lowest BCUT2D eigenvalue weighted by Gasteiger charge is -2.26. The van der Waals surface area contributed by atoms with Crippen molar-refractivity contribution in [2.45, 2.75) is 82.6 Å². The average molecular weight is 659 g/mol. The van der Waals surface area contributed by atoms with E-state index in [2.05, 4.69) is 186 Å². The molecule has 0 unspecified atom stereocenters. The van der Waals surface area contributed by atoms with Crippen LogP contribution in [0.1, 0.15) is 93.9 Å². The lowest BCUT2D eigenvalue weighted by molar-refractivity contribution is 0.640. The van der Waals surface area contributed by atoms with E-state index in [1.807, 2.05) is 0 Å². The molecule has 0 atom stereocenters. The van der Waals surface area contributed by atoms with Gasteiger partial charge in [0.15, 0.2) is 0 Å². The fraction of sp³-hybridized carbons (Fsp3) is 0.240. The highest BCUT2D eigenvalue weighted by Gasteiger charge is 2.25. The fourth-order valence-corrected chi connectivity index (χ4v) is 6.45. The molecular weight excluding hydrogens is 601 g/mol. The van der Waals surface area contributed by atoms with Crippen LogP contribution in [-0.4, -0.2) is 0 Å². The number of hydrogen-bond donors (Lipinski definition) is 0. The summed E-state index contributed by atoms with van der Waals surface area (Å²) in [5, 5.41) is 7.59. The van der Waals surface area contributed by atoms with E-state index in [0.717, 1.165) is 17.6 Å². The number of fused-ring (bicyclic) bond motifs is 2. The van der Waals surface area contributed by atoms with Crippen LogP contribution in [-0.2, 0) is 5.41 Å². The first kappa shape index (κ1) is 41.1. The average Bonchev–Trinajstić information content (AvgIpc) is 3.11. The first-order valence-corrected chi connectivity index (χ1v) is 16.5. The fourth-order valence-electron chi connectivity index (χ4n) is 6.45. The largest absolute Gasteiger partial charge is 0.0801 e. The summed E-state index contributed by atoms with van der Waals surface area (Å²) in [6.45, 7) is 11.0. The maximum absolute atomic E-state index is 3.57. The predicted molar refractivity (Wildman–Crippen MR) is 227 cm³/mol. The predicted octanol–water partition coefficient (Wildman–Crippen LogP) is 13.5. The first-order valence-electron chi connectivity index (χ1n) is 16.5. The highest BCUT2D eigenvalue weighted by molar-refractivity contribution is 6.10. The molecule has 5 aromatic rings. The Morgan fingerprint density at radius 1 is 0.660 bits per heavy atom. The van der Waals surface area contributed by atoms with Crippen LogP contribution in [0.25, 0.3) is 38.3 Å². The zero-order valence-electron chi connectivity index (χ0n) is 27.7. The summed E-state index contributed by atoms with van der Waals surface area (Å²) < 4.78 is 0. The van der Waals surface area contributed by atoms with Crippen molar-refractivity contribution in [2.24, 2.45) is 0 Å². The Morgan fingerprint density at radius 3 is 1.80 bits per heavy atom. The third-order valence-corrected chi connectivity index (χ3v) is 9.06. The highest BCUT2D eigenvalue weighted by Crippen LogP contribution is 2.37. The van der Waals surface area contributed by atoms with Crippen LogP contribution in [0.3, 0.4) is 0 Å². The van der Waals surface area contributed by atoms with Gasteiger partial charge >= 0.3 is 0 Å². The van der Waals surface area contributed by atoms with Crippen LogP contribution in [0.4, 0.5) is 0 Å². The van der Waals surface area contributed by atoms with Crippen LogP contribution in [0.2, 0.25) is 0 Å². The van der Waals surface area contributed by atoms with Gasteiger partial charge in [-0.3, -0.25) is 0 Å². The van der Waals surface area contributed by atoms with Gasteiger partial charge in [0.2, 0.25) is 0 Å². The van der Waals surface area contributed by atoms with Gasteiger partial charge in [-0.1, -0.05) is 197 Å². The first-order chi connectivity index (χ1) is 22.4. The molecule has 2 aliphatic rings. The van der Waals surface area contributed by atoms with Gasteiger partial charge in [-0.25, -0.2) is 0 Å². The zero-order valence-corrected chi connectivity index (χ0v) is 27.7. The van der Waals surface area contributed by atoms with Gasteiger partial charge in [-0.2, -0.15) is 0 Å². The summed E-state index contributed by atoms with van der Waals surface area (Å²) in [5.41, 5.74) is 15.5. The van der Waals surface area contributed by atoms with Gasteiger partial charge in [0.05, 0.1) is 0 Å². The number of hydrogen-bond acceptors (Lipinski definition) is 0. The molecule has 0 saturated heterocycles. The molecule has 0 N–H and O–H groups in total. The van der Waals surface area contributed by atoms with E-state index in [1.54, 1.807) is 0 Å². The number of rotatable bonds is 4. The molecule has 0 radical (unpaired) electrons. The molecule has 258 valence electrons. The summed E-state index contributed by atoms with van der Waals surface area (Å²) in [6.07, 6.45) is 15.4. The van der Waals surface area contributed by atoms with Crippen molar-refractivity contribution in [2.75, 3.05) is 0 Å². The smallest absolute Gasteiger partial charge is 0.0334 e. The van der Waals surface area contributed by atoms with Gasteiger partial charge in [-0.15, -0.1) is 0 Å². The van der Waals surface area contributed by atoms with Crippen LogP contribution < -0.4 is 10.4 Å². The second kappa shape index (κ2) is 18.0. The van der Waals surface area contributed by atoms with Crippen molar-refractivity contribution in [3.05, 3.63) is 184 Å². The van der Waals surface area contributed by atoms with Crippen molar-refractivity contribution in [1.29, 1.82) is 0 Å². The minimum atomic E-state index is -0.213.